The maximum Gasteiger partial charge on any atom is 0.282 e. The van der Waals surface area contributed by atoms with Crippen molar-refractivity contribution in [1.82, 2.24) is 5.32 Å². The van der Waals surface area contributed by atoms with Crippen LogP contribution in [0.15, 0.2) is 18.2 Å². The third-order valence-corrected chi connectivity index (χ3v) is 5.65. The van der Waals surface area contributed by atoms with Gasteiger partial charge >= 0.3 is 0 Å². The number of alkyl halides is 1. The van der Waals surface area contributed by atoms with Gasteiger partial charge in [0.05, 0.1) is 27.8 Å². The van der Waals surface area contributed by atoms with Gasteiger partial charge in [0.25, 0.3) is 11.6 Å². The maximum atomic E-state index is 12.2. The first-order valence-corrected chi connectivity index (χ1v) is 8.36. The molecule has 9 heteroatoms. The van der Waals surface area contributed by atoms with E-state index in [1.165, 1.54) is 12.1 Å². The van der Waals surface area contributed by atoms with E-state index in [0.29, 0.717) is 5.56 Å². The van der Waals surface area contributed by atoms with Crippen LogP contribution >= 0.6 is 11.6 Å². The molecular weight excluding hydrogens is 320 g/mol. The average Bonchev–Trinajstić information content (AvgIpc) is 2.61. The van der Waals surface area contributed by atoms with Crippen LogP contribution in [0.1, 0.15) is 15.9 Å². The van der Waals surface area contributed by atoms with Crippen molar-refractivity contribution < 1.29 is 18.1 Å². The first-order chi connectivity index (χ1) is 9.71. The Balaban J connectivity index is 2.28. The molecule has 1 aromatic rings. The number of carbonyl (C=O) groups excluding carboxylic acids is 1. The van der Waals surface area contributed by atoms with Gasteiger partial charge in [0.1, 0.15) is 5.56 Å². The monoisotopic (exact) mass is 332 g/mol. The van der Waals surface area contributed by atoms with Gasteiger partial charge in [0, 0.05) is 6.07 Å². The third kappa shape index (κ3) is 3.33. The number of nitro benzene ring substituents is 1. The first kappa shape index (κ1) is 15.7. The number of aryl methyl sites for hydroxylation is 1. The topological polar surface area (TPSA) is 106 Å². The van der Waals surface area contributed by atoms with Crippen LogP contribution in [0.3, 0.4) is 0 Å². The van der Waals surface area contributed by atoms with E-state index in [9.17, 15) is 23.3 Å². The largest absolute Gasteiger partial charge is 0.347 e. The molecule has 0 aliphatic carbocycles. The summed E-state index contributed by atoms with van der Waals surface area (Å²) >= 11 is 5.91. The smallest absolute Gasteiger partial charge is 0.282 e. The summed E-state index contributed by atoms with van der Waals surface area (Å²) in [6.07, 6.45) is 0. The predicted molar refractivity (Wildman–Crippen MR) is 77.4 cm³/mol. The summed E-state index contributed by atoms with van der Waals surface area (Å²) in [6, 6.07) is 3.54. The summed E-state index contributed by atoms with van der Waals surface area (Å²) in [6.45, 7) is 1.57. The number of benzene rings is 1. The molecule has 2 unspecified atom stereocenters. The zero-order chi connectivity index (χ0) is 15.8. The molecule has 1 saturated heterocycles. The van der Waals surface area contributed by atoms with Crippen LogP contribution in [0.2, 0.25) is 0 Å². The quantitative estimate of drug-likeness (QED) is 0.505. The second-order valence-corrected chi connectivity index (χ2v) is 7.61. The number of nitro groups is 1. The number of sulfone groups is 1. The van der Waals surface area contributed by atoms with Crippen LogP contribution in [-0.4, -0.2) is 42.2 Å². The average molecular weight is 333 g/mol. The molecule has 114 valence electrons. The van der Waals surface area contributed by atoms with Gasteiger partial charge in [-0.25, -0.2) is 8.42 Å². The number of hydrogen-bond donors (Lipinski definition) is 1. The Labute approximate surface area is 126 Å². The van der Waals surface area contributed by atoms with E-state index >= 15 is 0 Å². The van der Waals surface area contributed by atoms with E-state index in [-0.39, 0.29) is 22.8 Å². The van der Waals surface area contributed by atoms with Gasteiger partial charge < -0.3 is 5.32 Å². The van der Waals surface area contributed by atoms with Crippen LogP contribution in [0.5, 0.6) is 0 Å². The third-order valence-electron chi connectivity index (χ3n) is 3.27. The van der Waals surface area contributed by atoms with Crippen LogP contribution in [0.25, 0.3) is 0 Å². The second-order valence-electron chi connectivity index (χ2n) is 4.90. The summed E-state index contributed by atoms with van der Waals surface area (Å²) in [5, 5.41) is 12.7. The summed E-state index contributed by atoms with van der Waals surface area (Å²) < 4.78 is 22.9. The molecule has 1 fully saturated rings. The minimum atomic E-state index is -3.29. The Morgan fingerprint density at radius 1 is 1.43 bits per heavy atom. The van der Waals surface area contributed by atoms with Crippen molar-refractivity contribution in [2.24, 2.45) is 0 Å². The Kier molecular flexibility index (Phi) is 4.20. The highest BCUT2D eigenvalue weighted by molar-refractivity contribution is 7.91. The molecular formula is C12H13ClN2O5S. The molecule has 0 aromatic heterocycles. The minimum absolute atomic E-state index is 0.0735. The zero-order valence-electron chi connectivity index (χ0n) is 11.1. The second kappa shape index (κ2) is 5.61. The van der Waals surface area contributed by atoms with Gasteiger partial charge in [-0.1, -0.05) is 12.1 Å². The normalized spacial score (nSPS) is 23.7. The van der Waals surface area contributed by atoms with Gasteiger partial charge in [0.15, 0.2) is 9.84 Å². The van der Waals surface area contributed by atoms with Crippen molar-refractivity contribution in [3.63, 3.8) is 0 Å². The van der Waals surface area contributed by atoms with E-state index in [1.54, 1.807) is 13.0 Å². The van der Waals surface area contributed by atoms with Gasteiger partial charge in [-0.15, -0.1) is 11.6 Å². The van der Waals surface area contributed by atoms with Gasteiger partial charge in [-0.2, -0.15) is 0 Å². The number of halogens is 1. The van der Waals surface area contributed by atoms with Gasteiger partial charge in [-0.3, -0.25) is 14.9 Å². The van der Waals surface area contributed by atoms with E-state index in [1.807, 2.05) is 0 Å². The lowest BCUT2D eigenvalue weighted by atomic mass is 10.1. The standard InChI is InChI=1S/C12H13ClN2O5S/c1-7-3-2-4-10(15(17)18)11(7)12(16)14-9-6-21(19,20)5-8(9)13/h2-4,8-9H,5-6H2,1H3,(H,14,16). The number of rotatable bonds is 3. The summed E-state index contributed by atoms with van der Waals surface area (Å²) in [4.78, 5) is 22.6. The van der Waals surface area contributed by atoms with E-state index < -0.39 is 32.1 Å². The van der Waals surface area contributed by atoms with Crippen LogP contribution in [0.4, 0.5) is 5.69 Å². The molecule has 0 bridgehead atoms. The lowest BCUT2D eigenvalue weighted by molar-refractivity contribution is -0.385. The summed E-state index contributed by atoms with van der Waals surface area (Å²) in [7, 11) is -3.29. The van der Waals surface area contributed by atoms with Crippen molar-refractivity contribution >= 4 is 33.0 Å². The molecule has 1 aliphatic rings. The fourth-order valence-corrected chi connectivity index (χ4v) is 4.83. The fraction of sp³-hybridized carbons (Fsp3) is 0.417. The summed E-state index contributed by atoms with van der Waals surface area (Å²) in [5.41, 5.74) is 0.0452. The highest BCUT2D eigenvalue weighted by Crippen LogP contribution is 2.23. The predicted octanol–water partition coefficient (Wildman–Crippen LogP) is 1.04. The van der Waals surface area contributed by atoms with Gasteiger partial charge in [-0.05, 0) is 12.5 Å². The van der Waals surface area contributed by atoms with Gasteiger partial charge in [0.2, 0.25) is 0 Å². The first-order valence-electron chi connectivity index (χ1n) is 6.10. The molecule has 1 N–H and O–H groups in total. The van der Waals surface area contributed by atoms with E-state index in [4.69, 9.17) is 11.6 Å². The van der Waals surface area contributed by atoms with Crippen molar-refractivity contribution in [2.45, 2.75) is 18.3 Å². The number of hydrogen-bond acceptors (Lipinski definition) is 5. The lowest BCUT2D eigenvalue weighted by Gasteiger charge is -2.15. The van der Waals surface area contributed by atoms with Crippen LogP contribution < -0.4 is 5.32 Å². The maximum absolute atomic E-state index is 12.2. The SMILES string of the molecule is Cc1cccc([N+](=O)[O-])c1C(=O)NC1CS(=O)(=O)CC1Cl. The Hall–Kier alpha value is -1.67. The number of amides is 1. The number of carbonyl (C=O) groups is 1. The minimum Gasteiger partial charge on any atom is -0.347 e. The zero-order valence-corrected chi connectivity index (χ0v) is 12.6. The molecule has 0 saturated carbocycles. The molecule has 2 atom stereocenters. The molecule has 7 nitrogen and oxygen atoms in total. The molecule has 0 spiro atoms. The van der Waals surface area contributed by atoms with Crippen molar-refractivity contribution in [3.8, 4) is 0 Å². The number of nitrogens with one attached hydrogen (secondary N) is 1. The van der Waals surface area contributed by atoms with Crippen molar-refractivity contribution in [2.75, 3.05) is 11.5 Å². The van der Waals surface area contributed by atoms with Crippen molar-refractivity contribution in [3.05, 3.63) is 39.4 Å². The molecule has 2 rings (SSSR count). The molecule has 1 aromatic carbocycles. The number of nitrogens with zero attached hydrogens (tertiary/aromatic N) is 1. The van der Waals surface area contributed by atoms with Crippen LogP contribution in [0, 0.1) is 17.0 Å². The Morgan fingerprint density at radius 2 is 2.10 bits per heavy atom. The Morgan fingerprint density at radius 3 is 2.62 bits per heavy atom. The molecule has 21 heavy (non-hydrogen) atoms. The van der Waals surface area contributed by atoms with Crippen LogP contribution in [-0.2, 0) is 9.84 Å². The lowest BCUT2D eigenvalue weighted by Crippen LogP contribution is -2.41. The molecule has 1 aliphatic heterocycles. The molecule has 1 amide bonds. The fourth-order valence-electron chi connectivity index (χ4n) is 2.28. The van der Waals surface area contributed by atoms with Crippen molar-refractivity contribution in [1.29, 1.82) is 0 Å². The Bertz CT molecular complexity index is 704. The van der Waals surface area contributed by atoms with E-state index in [2.05, 4.69) is 5.32 Å². The highest BCUT2D eigenvalue weighted by atomic mass is 35.5. The van der Waals surface area contributed by atoms with E-state index in [0.717, 1.165) is 0 Å². The molecule has 1 heterocycles. The summed E-state index contributed by atoms with van der Waals surface area (Å²) in [5.74, 6) is -1.16. The molecule has 0 radical (unpaired) electrons. The highest BCUT2D eigenvalue weighted by Gasteiger charge is 2.38.